The van der Waals surface area contributed by atoms with Gasteiger partial charge >= 0.3 is 0 Å². The van der Waals surface area contributed by atoms with Gasteiger partial charge < -0.3 is 5.32 Å². The molecule has 1 saturated carbocycles. The van der Waals surface area contributed by atoms with Crippen LogP contribution in [-0.2, 0) is 0 Å². The maximum absolute atomic E-state index is 4.31. The van der Waals surface area contributed by atoms with Crippen molar-refractivity contribution in [3.63, 3.8) is 0 Å². The Hall–Kier alpha value is -0.570. The summed E-state index contributed by atoms with van der Waals surface area (Å²) in [6, 6.07) is 0.574. The lowest BCUT2D eigenvalue weighted by molar-refractivity contribution is 0.105. The second kappa shape index (κ2) is 4.02. The van der Waals surface area contributed by atoms with Crippen molar-refractivity contribution >= 4 is 16.5 Å². The summed E-state index contributed by atoms with van der Waals surface area (Å²) in [5.74, 6) is 0. The van der Waals surface area contributed by atoms with Crippen LogP contribution in [0.5, 0.6) is 0 Å². The molecule has 1 aromatic heterocycles. The monoisotopic (exact) mass is 238 g/mol. The van der Waals surface area contributed by atoms with Crippen molar-refractivity contribution < 1.29 is 0 Å². The topological polar surface area (TPSA) is 24.9 Å². The van der Waals surface area contributed by atoms with Gasteiger partial charge in [0, 0.05) is 17.6 Å². The van der Waals surface area contributed by atoms with E-state index in [0.717, 1.165) is 5.13 Å². The Kier molecular flexibility index (Phi) is 2.99. The van der Waals surface area contributed by atoms with Crippen molar-refractivity contribution in [1.82, 2.24) is 4.98 Å². The van der Waals surface area contributed by atoms with Crippen LogP contribution >= 0.6 is 11.3 Å². The fourth-order valence-corrected chi connectivity index (χ4v) is 4.02. The predicted octanol–water partition coefficient (Wildman–Crippen LogP) is 4.16. The zero-order chi connectivity index (χ0) is 11.8. The van der Waals surface area contributed by atoms with Gasteiger partial charge in [-0.1, -0.05) is 27.7 Å². The maximum Gasteiger partial charge on any atom is 0.182 e. The molecule has 1 aliphatic carbocycles. The predicted molar refractivity (Wildman–Crippen MR) is 70.9 cm³/mol. The zero-order valence-corrected chi connectivity index (χ0v) is 11.5. The van der Waals surface area contributed by atoms with E-state index in [9.17, 15) is 0 Å². The van der Waals surface area contributed by atoms with Gasteiger partial charge in [-0.05, 0) is 30.1 Å². The minimum Gasteiger partial charge on any atom is -0.359 e. The molecular weight excluding hydrogens is 216 g/mol. The minimum absolute atomic E-state index is 0.441. The molecule has 2 nitrogen and oxygen atoms in total. The van der Waals surface area contributed by atoms with Crippen LogP contribution < -0.4 is 5.32 Å². The van der Waals surface area contributed by atoms with E-state index in [4.69, 9.17) is 0 Å². The SMILES string of the molecule is CC1(C)CC(Nc2nccs2)CC(C)(C)C1. The van der Waals surface area contributed by atoms with Crippen LogP contribution in [0, 0.1) is 10.8 Å². The van der Waals surface area contributed by atoms with Crippen LogP contribution in [-0.4, -0.2) is 11.0 Å². The molecule has 0 aromatic carbocycles. The van der Waals surface area contributed by atoms with Crippen molar-refractivity contribution in [2.75, 3.05) is 5.32 Å². The molecule has 1 aromatic rings. The molecule has 1 fully saturated rings. The Morgan fingerprint density at radius 1 is 1.25 bits per heavy atom. The third-order valence-corrected chi connectivity index (χ3v) is 4.02. The molecule has 1 aliphatic rings. The van der Waals surface area contributed by atoms with E-state index < -0.39 is 0 Å². The third kappa shape index (κ3) is 2.97. The average Bonchev–Trinajstić information content (AvgIpc) is 2.49. The van der Waals surface area contributed by atoms with Crippen molar-refractivity contribution in [1.29, 1.82) is 0 Å². The number of nitrogens with zero attached hydrogens (tertiary/aromatic N) is 1. The Balaban J connectivity index is 2.05. The van der Waals surface area contributed by atoms with E-state index in [1.54, 1.807) is 11.3 Å². The van der Waals surface area contributed by atoms with Gasteiger partial charge in [0.05, 0.1) is 0 Å². The number of hydrogen-bond acceptors (Lipinski definition) is 3. The van der Waals surface area contributed by atoms with Crippen LogP contribution in [0.15, 0.2) is 11.6 Å². The van der Waals surface area contributed by atoms with Gasteiger partial charge in [-0.25, -0.2) is 4.98 Å². The standard InChI is InChI=1S/C13H22N2S/c1-12(2)7-10(8-13(3,4)9-12)15-11-14-5-6-16-11/h5-6,10H,7-9H2,1-4H3,(H,14,15). The fraction of sp³-hybridized carbons (Fsp3) is 0.769. The smallest absolute Gasteiger partial charge is 0.182 e. The molecule has 2 rings (SSSR count). The first-order valence-corrected chi connectivity index (χ1v) is 6.90. The van der Waals surface area contributed by atoms with E-state index >= 15 is 0 Å². The number of anilines is 1. The van der Waals surface area contributed by atoms with Gasteiger partial charge in [-0.15, -0.1) is 11.3 Å². The van der Waals surface area contributed by atoms with Gasteiger partial charge in [-0.3, -0.25) is 0 Å². The number of aromatic nitrogens is 1. The quantitative estimate of drug-likeness (QED) is 0.837. The molecule has 3 heteroatoms. The van der Waals surface area contributed by atoms with Crippen molar-refractivity contribution in [2.45, 2.75) is 53.0 Å². The first-order chi connectivity index (χ1) is 7.36. The van der Waals surface area contributed by atoms with E-state index in [2.05, 4.69) is 38.0 Å². The van der Waals surface area contributed by atoms with E-state index in [0.29, 0.717) is 16.9 Å². The number of rotatable bonds is 2. The molecule has 0 saturated heterocycles. The molecule has 0 atom stereocenters. The van der Waals surface area contributed by atoms with Crippen LogP contribution in [0.25, 0.3) is 0 Å². The molecule has 1 heterocycles. The molecule has 90 valence electrons. The third-order valence-electron chi connectivity index (χ3n) is 3.31. The van der Waals surface area contributed by atoms with Gasteiger partial charge in [0.1, 0.15) is 0 Å². The second-order valence-corrected chi connectivity index (χ2v) is 7.49. The molecule has 0 bridgehead atoms. The van der Waals surface area contributed by atoms with Crippen LogP contribution in [0.4, 0.5) is 5.13 Å². The second-order valence-electron chi connectivity index (χ2n) is 6.59. The summed E-state index contributed by atoms with van der Waals surface area (Å²) in [7, 11) is 0. The highest BCUT2D eigenvalue weighted by Gasteiger charge is 2.38. The lowest BCUT2D eigenvalue weighted by Gasteiger charge is -2.45. The Labute approximate surface area is 102 Å². The van der Waals surface area contributed by atoms with Gasteiger partial charge in [0.15, 0.2) is 5.13 Å². The first-order valence-electron chi connectivity index (χ1n) is 6.02. The first kappa shape index (κ1) is 11.9. The molecule has 0 radical (unpaired) electrons. The summed E-state index contributed by atoms with van der Waals surface area (Å²) in [4.78, 5) is 4.31. The van der Waals surface area contributed by atoms with Crippen molar-refractivity contribution in [3.8, 4) is 0 Å². The Morgan fingerprint density at radius 3 is 2.38 bits per heavy atom. The molecule has 1 N–H and O–H groups in total. The highest BCUT2D eigenvalue weighted by atomic mass is 32.1. The largest absolute Gasteiger partial charge is 0.359 e. The summed E-state index contributed by atoms with van der Waals surface area (Å²) in [6.45, 7) is 9.52. The Morgan fingerprint density at radius 2 is 1.88 bits per heavy atom. The molecule has 0 aliphatic heterocycles. The van der Waals surface area contributed by atoms with E-state index in [1.165, 1.54) is 19.3 Å². The average molecular weight is 238 g/mol. The van der Waals surface area contributed by atoms with Gasteiger partial charge in [0.25, 0.3) is 0 Å². The summed E-state index contributed by atoms with van der Waals surface area (Å²) in [5, 5.41) is 6.68. The molecule has 0 spiro atoms. The molecule has 0 unspecified atom stereocenters. The highest BCUT2D eigenvalue weighted by molar-refractivity contribution is 7.13. The van der Waals surface area contributed by atoms with E-state index in [1.807, 2.05) is 11.6 Å². The van der Waals surface area contributed by atoms with Crippen LogP contribution in [0.3, 0.4) is 0 Å². The van der Waals surface area contributed by atoms with Gasteiger partial charge in [0.2, 0.25) is 0 Å². The minimum atomic E-state index is 0.441. The number of nitrogens with one attached hydrogen (secondary N) is 1. The lowest BCUT2D eigenvalue weighted by atomic mass is 9.63. The summed E-state index contributed by atoms with van der Waals surface area (Å²) < 4.78 is 0. The van der Waals surface area contributed by atoms with Crippen molar-refractivity contribution in [2.24, 2.45) is 10.8 Å². The maximum atomic E-state index is 4.31. The number of thiazole rings is 1. The van der Waals surface area contributed by atoms with Crippen LogP contribution in [0.2, 0.25) is 0 Å². The molecule has 16 heavy (non-hydrogen) atoms. The normalized spacial score (nSPS) is 24.2. The molecule has 0 amide bonds. The fourth-order valence-electron chi connectivity index (χ4n) is 3.42. The number of hydrogen-bond donors (Lipinski definition) is 1. The lowest BCUT2D eigenvalue weighted by Crippen LogP contribution is -2.40. The zero-order valence-electron chi connectivity index (χ0n) is 10.7. The summed E-state index contributed by atoms with van der Waals surface area (Å²) in [6.07, 6.45) is 5.67. The Bertz CT molecular complexity index is 325. The van der Waals surface area contributed by atoms with Crippen LogP contribution in [0.1, 0.15) is 47.0 Å². The summed E-state index contributed by atoms with van der Waals surface area (Å²) >= 11 is 1.69. The van der Waals surface area contributed by atoms with Crippen molar-refractivity contribution in [3.05, 3.63) is 11.6 Å². The molecular formula is C13H22N2S. The van der Waals surface area contributed by atoms with Gasteiger partial charge in [-0.2, -0.15) is 0 Å². The summed E-state index contributed by atoms with van der Waals surface area (Å²) in [5.41, 5.74) is 0.882. The van der Waals surface area contributed by atoms with E-state index in [-0.39, 0.29) is 0 Å². The highest BCUT2D eigenvalue weighted by Crippen LogP contribution is 2.46.